The molecule has 7 heteroatoms. The SMILES string of the molecule is COC=O.Cc1c(Br)nc(C2CCC(c3ccc(F)cc3)CC2)n1CC1CC1.OCC1CC1. The number of aliphatic hydroxyl groups excluding tert-OH is 1. The van der Waals surface area contributed by atoms with Gasteiger partial charge in [-0.25, -0.2) is 9.37 Å². The second kappa shape index (κ2) is 12.7. The zero-order valence-electron chi connectivity index (χ0n) is 19.7. The Labute approximate surface area is 204 Å². The summed E-state index contributed by atoms with van der Waals surface area (Å²) in [7, 11) is 1.31. The Bertz CT molecular complexity index is 870. The highest BCUT2D eigenvalue weighted by atomic mass is 79.9. The van der Waals surface area contributed by atoms with Gasteiger partial charge in [-0.2, -0.15) is 0 Å². The van der Waals surface area contributed by atoms with Crippen LogP contribution in [0.4, 0.5) is 4.39 Å². The van der Waals surface area contributed by atoms with E-state index in [0.717, 1.165) is 17.1 Å². The lowest BCUT2D eigenvalue weighted by Crippen LogP contribution is -2.17. The van der Waals surface area contributed by atoms with E-state index in [2.05, 4.69) is 32.2 Å². The van der Waals surface area contributed by atoms with Gasteiger partial charge in [0.2, 0.25) is 0 Å². The van der Waals surface area contributed by atoms with Crippen LogP contribution in [0.15, 0.2) is 28.9 Å². The highest BCUT2D eigenvalue weighted by Gasteiger charge is 2.30. The summed E-state index contributed by atoms with van der Waals surface area (Å²) in [6.07, 6.45) is 9.95. The summed E-state index contributed by atoms with van der Waals surface area (Å²) in [4.78, 5) is 13.8. The number of halogens is 2. The standard InChI is InChI=1S/C20H24BrFN2.C4H8O.C2H4O2/c1-13-19(21)23-20(24(13)12-14-2-3-14)17-6-4-15(5-7-17)16-8-10-18(22)11-9-16;5-3-4-1-2-4;1-4-2-3/h8-11,14-15,17H,2-7,12H2,1H3;4-5H,1-3H2;2H,1H3. The van der Waals surface area contributed by atoms with Crippen LogP contribution in [-0.4, -0.2) is 34.8 Å². The molecule has 5 rings (SSSR count). The van der Waals surface area contributed by atoms with Gasteiger partial charge in [0.1, 0.15) is 16.2 Å². The molecule has 182 valence electrons. The summed E-state index contributed by atoms with van der Waals surface area (Å²) in [6.45, 7) is 4.10. The molecular weight excluding hydrogens is 487 g/mol. The van der Waals surface area contributed by atoms with Gasteiger partial charge in [-0.1, -0.05) is 12.1 Å². The van der Waals surface area contributed by atoms with Crippen LogP contribution in [0.1, 0.15) is 80.3 Å². The highest BCUT2D eigenvalue weighted by Crippen LogP contribution is 2.42. The summed E-state index contributed by atoms with van der Waals surface area (Å²) in [5, 5.41) is 8.21. The van der Waals surface area contributed by atoms with Crippen LogP contribution in [0.5, 0.6) is 0 Å². The minimum Gasteiger partial charge on any atom is -0.471 e. The minimum absolute atomic E-state index is 0.144. The largest absolute Gasteiger partial charge is 0.471 e. The number of methoxy groups -OCH3 is 1. The first kappa shape index (κ1) is 25.9. The van der Waals surface area contributed by atoms with Crippen molar-refractivity contribution in [3.05, 3.63) is 51.8 Å². The molecule has 5 nitrogen and oxygen atoms in total. The first-order chi connectivity index (χ1) is 16.0. The van der Waals surface area contributed by atoms with E-state index in [1.807, 2.05) is 12.1 Å². The monoisotopic (exact) mass is 522 g/mol. The molecule has 2 aromatic rings. The van der Waals surface area contributed by atoms with Gasteiger partial charge >= 0.3 is 0 Å². The van der Waals surface area contributed by atoms with Crippen LogP contribution < -0.4 is 0 Å². The predicted molar refractivity (Wildman–Crippen MR) is 131 cm³/mol. The second-order valence-electron chi connectivity index (χ2n) is 9.46. The van der Waals surface area contributed by atoms with Crippen LogP contribution in [0.25, 0.3) is 0 Å². The van der Waals surface area contributed by atoms with Crippen LogP contribution in [0.2, 0.25) is 0 Å². The van der Waals surface area contributed by atoms with Crippen LogP contribution in [0, 0.1) is 24.6 Å². The number of carbonyl (C=O) groups is 1. The summed E-state index contributed by atoms with van der Waals surface area (Å²) in [5.41, 5.74) is 2.56. The summed E-state index contributed by atoms with van der Waals surface area (Å²) >= 11 is 3.63. The first-order valence-electron chi connectivity index (χ1n) is 12.0. The normalized spacial score (nSPS) is 21.8. The molecule has 3 aliphatic carbocycles. The van der Waals surface area contributed by atoms with Crippen LogP contribution in [0.3, 0.4) is 0 Å². The maximum absolute atomic E-state index is 13.1. The van der Waals surface area contributed by atoms with Gasteiger partial charge in [0.15, 0.2) is 0 Å². The number of imidazole rings is 1. The van der Waals surface area contributed by atoms with Crippen molar-refractivity contribution in [2.24, 2.45) is 11.8 Å². The van der Waals surface area contributed by atoms with E-state index < -0.39 is 0 Å². The van der Waals surface area contributed by atoms with Crippen molar-refractivity contribution in [2.75, 3.05) is 13.7 Å². The molecule has 0 unspecified atom stereocenters. The zero-order valence-corrected chi connectivity index (χ0v) is 21.3. The Morgan fingerprint density at radius 3 is 2.06 bits per heavy atom. The number of benzene rings is 1. The van der Waals surface area contributed by atoms with Crippen LogP contribution in [-0.2, 0) is 16.1 Å². The molecule has 1 aromatic carbocycles. The van der Waals surface area contributed by atoms with Crippen molar-refractivity contribution in [3.63, 3.8) is 0 Å². The summed E-state index contributed by atoms with van der Waals surface area (Å²) < 4.78 is 20.5. The third-order valence-electron chi connectivity index (χ3n) is 6.82. The van der Waals surface area contributed by atoms with Crippen molar-refractivity contribution in [3.8, 4) is 0 Å². The maximum Gasteiger partial charge on any atom is 0.292 e. The molecule has 0 aliphatic heterocycles. The van der Waals surface area contributed by atoms with Gasteiger partial charge in [0.25, 0.3) is 6.47 Å². The van der Waals surface area contributed by atoms with E-state index in [-0.39, 0.29) is 5.82 Å². The maximum atomic E-state index is 13.1. The number of hydrogen-bond acceptors (Lipinski definition) is 4. The molecular formula is C26H36BrFN2O3. The fraction of sp³-hybridized carbons (Fsp3) is 0.615. The Balaban J connectivity index is 0.000000287. The number of aromatic nitrogens is 2. The minimum atomic E-state index is -0.144. The number of rotatable bonds is 6. The fourth-order valence-corrected chi connectivity index (χ4v) is 4.74. The molecule has 0 radical (unpaired) electrons. The van der Waals surface area contributed by atoms with E-state index in [4.69, 9.17) is 14.9 Å². The average molecular weight is 523 g/mol. The number of carbonyl (C=O) groups excluding carboxylic acids is 1. The average Bonchev–Trinajstić information content (AvgIpc) is 3.77. The van der Waals surface area contributed by atoms with Gasteiger partial charge in [0.05, 0.1) is 7.11 Å². The Kier molecular flexibility index (Phi) is 9.93. The summed E-state index contributed by atoms with van der Waals surface area (Å²) in [6, 6.07) is 7.08. The molecule has 1 aromatic heterocycles. The number of nitrogens with zero attached hydrogens (tertiary/aromatic N) is 2. The molecule has 0 atom stereocenters. The van der Waals surface area contributed by atoms with Crippen LogP contribution >= 0.6 is 15.9 Å². The quantitative estimate of drug-likeness (QED) is 0.464. The van der Waals surface area contributed by atoms with Crippen molar-refractivity contribution < 1.29 is 19.0 Å². The van der Waals surface area contributed by atoms with E-state index in [1.54, 1.807) is 12.1 Å². The smallest absolute Gasteiger partial charge is 0.292 e. The van der Waals surface area contributed by atoms with E-state index in [1.165, 1.54) is 75.6 Å². The third kappa shape index (κ3) is 7.92. The van der Waals surface area contributed by atoms with Gasteiger partial charge < -0.3 is 14.4 Å². The zero-order chi connectivity index (χ0) is 23.8. The molecule has 1 N–H and O–H groups in total. The first-order valence-corrected chi connectivity index (χ1v) is 12.8. The van der Waals surface area contributed by atoms with Crippen molar-refractivity contribution in [1.82, 2.24) is 9.55 Å². The molecule has 0 saturated heterocycles. The van der Waals surface area contributed by atoms with Crippen molar-refractivity contribution >= 4 is 22.4 Å². The molecule has 0 bridgehead atoms. The molecule has 3 aliphatic rings. The highest BCUT2D eigenvalue weighted by molar-refractivity contribution is 9.10. The van der Waals surface area contributed by atoms with Gasteiger partial charge in [0, 0.05) is 24.8 Å². The van der Waals surface area contributed by atoms with E-state index in [9.17, 15) is 4.39 Å². The van der Waals surface area contributed by atoms with Gasteiger partial charge in [-0.05, 0) is 110 Å². The molecule has 0 spiro atoms. The third-order valence-corrected chi connectivity index (χ3v) is 7.57. The van der Waals surface area contributed by atoms with E-state index in [0.29, 0.717) is 30.8 Å². The molecule has 33 heavy (non-hydrogen) atoms. The van der Waals surface area contributed by atoms with Gasteiger partial charge in [-0.3, -0.25) is 4.79 Å². The molecule has 3 fully saturated rings. The lowest BCUT2D eigenvalue weighted by molar-refractivity contribution is -0.126. The number of aliphatic hydroxyl groups is 1. The Morgan fingerprint density at radius 2 is 1.61 bits per heavy atom. The van der Waals surface area contributed by atoms with Crippen molar-refractivity contribution in [1.29, 1.82) is 0 Å². The predicted octanol–water partition coefficient (Wildman–Crippen LogP) is 6.12. The number of ether oxygens (including phenoxy) is 1. The second-order valence-corrected chi connectivity index (χ2v) is 10.2. The van der Waals surface area contributed by atoms with E-state index >= 15 is 0 Å². The van der Waals surface area contributed by atoms with Crippen molar-refractivity contribution in [2.45, 2.75) is 76.7 Å². The Hall–Kier alpha value is -1.73. The number of hydrogen-bond donors (Lipinski definition) is 1. The lowest BCUT2D eigenvalue weighted by Gasteiger charge is -2.29. The molecule has 3 saturated carbocycles. The fourth-order valence-electron chi connectivity index (χ4n) is 4.35. The lowest BCUT2D eigenvalue weighted by atomic mass is 9.78. The molecule has 1 heterocycles. The summed E-state index contributed by atoms with van der Waals surface area (Å²) in [5.74, 6) is 3.82. The molecule has 0 amide bonds. The van der Waals surface area contributed by atoms with Gasteiger partial charge in [-0.15, -0.1) is 0 Å². The Morgan fingerprint density at radius 1 is 1.06 bits per heavy atom. The topological polar surface area (TPSA) is 64.3 Å².